The lowest BCUT2D eigenvalue weighted by Gasteiger charge is -2.61. The molecule has 4 aliphatic carbocycles. The molecule has 4 nitrogen and oxygen atoms in total. The van der Waals surface area contributed by atoms with E-state index in [0.717, 1.165) is 44.1 Å². The Morgan fingerprint density at radius 2 is 1.76 bits per heavy atom. The van der Waals surface area contributed by atoms with Gasteiger partial charge in [0.2, 0.25) is 0 Å². The predicted octanol–water partition coefficient (Wildman–Crippen LogP) is 7.10. The predicted molar refractivity (Wildman–Crippen MR) is 139 cm³/mol. The van der Waals surface area contributed by atoms with Gasteiger partial charge in [0.25, 0.3) is 0 Å². The summed E-state index contributed by atoms with van der Waals surface area (Å²) >= 11 is 0. The molecule has 4 saturated carbocycles. The number of ketones is 1. The van der Waals surface area contributed by atoms with Crippen LogP contribution in [0.2, 0.25) is 19.6 Å². The molecule has 4 fully saturated rings. The van der Waals surface area contributed by atoms with E-state index in [1.807, 2.05) is 0 Å². The SMILES string of the molecule is C/C=C1/C(=O)C2C3CC[C@H]([C@H](C)CCC(=O)O)[C@@]3(C)CCC2[C@@]2(C)CCC(O[Si](C)(C)C)C[C@@H]12. The molecule has 4 unspecified atom stereocenters. The second-order valence-electron chi connectivity index (χ2n) is 13.7. The zero-order chi connectivity index (χ0) is 25.1. The summed E-state index contributed by atoms with van der Waals surface area (Å²) in [5.41, 5.74) is 1.45. The lowest BCUT2D eigenvalue weighted by atomic mass is 9.43. The van der Waals surface area contributed by atoms with Crippen LogP contribution in [0.15, 0.2) is 11.6 Å². The molecular weight excluding hydrogens is 440 g/mol. The normalized spacial score (nSPS) is 44.3. The molecule has 1 N–H and O–H groups in total. The van der Waals surface area contributed by atoms with Crippen LogP contribution in [0.4, 0.5) is 0 Å². The number of carbonyl (C=O) groups excluding carboxylic acids is 1. The van der Waals surface area contributed by atoms with Crippen molar-refractivity contribution in [2.24, 2.45) is 46.3 Å². The van der Waals surface area contributed by atoms with Gasteiger partial charge in [-0.25, -0.2) is 0 Å². The third kappa shape index (κ3) is 4.38. The number of aliphatic carboxylic acids is 1. The number of allylic oxidation sites excluding steroid dienone is 2. The molecule has 4 aliphatic rings. The molecule has 9 atom stereocenters. The maximum absolute atomic E-state index is 14.2. The van der Waals surface area contributed by atoms with Crippen LogP contribution in [0.5, 0.6) is 0 Å². The molecule has 192 valence electrons. The zero-order valence-corrected chi connectivity index (χ0v) is 23.7. The van der Waals surface area contributed by atoms with E-state index in [4.69, 9.17) is 4.43 Å². The minimum Gasteiger partial charge on any atom is -0.481 e. The fraction of sp³-hybridized carbons (Fsp3) is 0.862. The Morgan fingerprint density at radius 1 is 1.12 bits per heavy atom. The fourth-order valence-corrected chi connectivity index (χ4v) is 10.5. The molecule has 0 saturated heterocycles. The molecule has 0 aromatic carbocycles. The van der Waals surface area contributed by atoms with E-state index in [-0.39, 0.29) is 23.2 Å². The first kappa shape index (κ1) is 26.1. The molecule has 34 heavy (non-hydrogen) atoms. The van der Waals surface area contributed by atoms with Crippen LogP contribution < -0.4 is 0 Å². The number of carbonyl (C=O) groups is 2. The maximum atomic E-state index is 14.2. The van der Waals surface area contributed by atoms with Crippen molar-refractivity contribution in [3.05, 3.63) is 11.6 Å². The number of rotatable bonds is 6. The van der Waals surface area contributed by atoms with Crippen molar-refractivity contribution in [1.29, 1.82) is 0 Å². The minimum atomic E-state index is -1.61. The largest absolute Gasteiger partial charge is 0.481 e. The number of carboxylic acid groups (broad SMARTS) is 1. The van der Waals surface area contributed by atoms with Crippen molar-refractivity contribution in [3.63, 3.8) is 0 Å². The molecule has 0 aromatic heterocycles. The summed E-state index contributed by atoms with van der Waals surface area (Å²) in [4.78, 5) is 25.4. The van der Waals surface area contributed by atoms with Crippen LogP contribution >= 0.6 is 0 Å². The highest BCUT2D eigenvalue weighted by molar-refractivity contribution is 6.69. The Bertz CT molecular complexity index is 844. The van der Waals surface area contributed by atoms with Crippen molar-refractivity contribution in [2.45, 2.75) is 111 Å². The maximum Gasteiger partial charge on any atom is 0.303 e. The molecule has 0 aromatic rings. The third-order valence-electron chi connectivity index (χ3n) is 10.8. The van der Waals surface area contributed by atoms with Crippen LogP contribution in [0.1, 0.15) is 85.5 Å². The van der Waals surface area contributed by atoms with Crippen LogP contribution in [-0.4, -0.2) is 31.3 Å². The first-order chi connectivity index (χ1) is 15.8. The average Bonchev–Trinajstić information content (AvgIpc) is 3.09. The van der Waals surface area contributed by atoms with Gasteiger partial charge in [-0.15, -0.1) is 0 Å². The van der Waals surface area contributed by atoms with Gasteiger partial charge < -0.3 is 9.53 Å². The number of fused-ring (bicyclic) bond motifs is 5. The summed E-state index contributed by atoms with van der Waals surface area (Å²) in [6.07, 6.45) is 11.4. The second kappa shape index (κ2) is 9.17. The Hall–Kier alpha value is -0.943. The molecule has 5 heteroatoms. The summed E-state index contributed by atoms with van der Waals surface area (Å²) in [6, 6.07) is 0. The van der Waals surface area contributed by atoms with Gasteiger partial charge in [-0.1, -0.05) is 26.8 Å². The fourth-order valence-electron chi connectivity index (χ4n) is 9.31. The van der Waals surface area contributed by atoms with Gasteiger partial charge in [-0.2, -0.15) is 0 Å². The van der Waals surface area contributed by atoms with E-state index in [2.05, 4.69) is 53.4 Å². The molecule has 0 spiro atoms. The Balaban J connectivity index is 1.60. The molecule has 0 bridgehead atoms. The summed E-state index contributed by atoms with van der Waals surface area (Å²) in [5.74, 6) is 2.09. The smallest absolute Gasteiger partial charge is 0.303 e. The Morgan fingerprint density at radius 3 is 2.38 bits per heavy atom. The first-order valence-corrected chi connectivity index (χ1v) is 17.3. The van der Waals surface area contributed by atoms with Crippen LogP contribution in [0.25, 0.3) is 0 Å². The summed E-state index contributed by atoms with van der Waals surface area (Å²) in [6.45, 7) is 16.1. The first-order valence-electron chi connectivity index (χ1n) is 13.9. The number of Topliss-reactive ketones (excluding diaryl/α,β-unsaturated/α-hetero) is 1. The van der Waals surface area contributed by atoms with Gasteiger partial charge in [0, 0.05) is 18.4 Å². The summed E-state index contributed by atoms with van der Waals surface area (Å²) < 4.78 is 6.56. The number of hydrogen-bond acceptors (Lipinski definition) is 3. The van der Waals surface area contributed by atoms with E-state index >= 15 is 0 Å². The monoisotopic (exact) mass is 488 g/mol. The Kier molecular flexibility index (Phi) is 7.05. The molecule has 0 radical (unpaired) electrons. The van der Waals surface area contributed by atoms with E-state index in [9.17, 15) is 14.7 Å². The molecular formula is C29H48O4Si. The van der Waals surface area contributed by atoms with Crippen molar-refractivity contribution in [3.8, 4) is 0 Å². The average molecular weight is 489 g/mol. The number of hydrogen-bond donors (Lipinski definition) is 1. The van der Waals surface area contributed by atoms with Crippen molar-refractivity contribution >= 4 is 20.1 Å². The van der Waals surface area contributed by atoms with E-state index < -0.39 is 14.3 Å². The van der Waals surface area contributed by atoms with Gasteiger partial charge in [0.05, 0.1) is 0 Å². The highest BCUT2D eigenvalue weighted by atomic mass is 28.4. The summed E-state index contributed by atoms with van der Waals surface area (Å²) in [7, 11) is -1.61. The standard InChI is InChI=1S/C29H48O4Si/c1-8-20-24-17-19(33-34(5,6)7)13-15-29(24,4)23-14-16-28(3)21(18(2)9-12-25(30)31)10-11-22(28)26(23)27(20)32/h8,18-19,21-24,26H,9-17H2,1-7H3,(H,30,31)/b20-8+/t18-,19?,21-,22?,23?,24+,26?,28-,29-/m1/s1. The third-order valence-corrected chi connectivity index (χ3v) is 11.8. The summed E-state index contributed by atoms with van der Waals surface area (Å²) in [5, 5.41) is 9.21. The van der Waals surface area contributed by atoms with Gasteiger partial charge >= 0.3 is 5.97 Å². The van der Waals surface area contributed by atoms with E-state index in [0.29, 0.717) is 41.5 Å². The van der Waals surface area contributed by atoms with Crippen LogP contribution in [0, 0.1) is 46.3 Å². The van der Waals surface area contributed by atoms with Crippen molar-refractivity contribution < 1.29 is 19.1 Å². The highest BCUT2D eigenvalue weighted by Gasteiger charge is 2.64. The van der Waals surface area contributed by atoms with Crippen LogP contribution in [-0.2, 0) is 14.0 Å². The molecule has 0 heterocycles. The van der Waals surface area contributed by atoms with Gasteiger partial charge in [-0.05, 0) is 124 Å². The van der Waals surface area contributed by atoms with Crippen LogP contribution in [0.3, 0.4) is 0 Å². The minimum absolute atomic E-state index is 0.150. The number of carboxylic acids is 1. The van der Waals surface area contributed by atoms with E-state index in [1.165, 1.54) is 12.8 Å². The highest BCUT2D eigenvalue weighted by Crippen LogP contribution is 2.68. The van der Waals surface area contributed by atoms with Crippen molar-refractivity contribution in [2.75, 3.05) is 0 Å². The van der Waals surface area contributed by atoms with E-state index in [1.54, 1.807) is 0 Å². The van der Waals surface area contributed by atoms with Crippen molar-refractivity contribution in [1.82, 2.24) is 0 Å². The molecule has 0 amide bonds. The Labute approximate surface area is 208 Å². The quantitative estimate of drug-likeness (QED) is 0.320. The topological polar surface area (TPSA) is 63.6 Å². The van der Waals surface area contributed by atoms with Gasteiger partial charge in [-0.3, -0.25) is 9.59 Å². The lowest BCUT2D eigenvalue weighted by Crippen LogP contribution is -2.58. The molecule has 0 aliphatic heterocycles. The second-order valence-corrected chi connectivity index (χ2v) is 18.1. The van der Waals surface area contributed by atoms with Gasteiger partial charge in [0.15, 0.2) is 14.1 Å². The van der Waals surface area contributed by atoms with Gasteiger partial charge in [0.1, 0.15) is 0 Å². The lowest BCUT2D eigenvalue weighted by molar-refractivity contribution is -0.149. The molecule has 4 rings (SSSR count). The zero-order valence-electron chi connectivity index (χ0n) is 22.7.